The lowest BCUT2D eigenvalue weighted by Crippen LogP contribution is -2.44. The highest BCUT2D eigenvalue weighted by molar-refractivity contribution is 8.00. The molecule has 0 unspecified atom stereocenters. The first kappa shape index (κ1) is 16.3. The number of thioether (sulfide) groups is 1. The van der Waals surface area contributed by atoms with Crippen LogP contribution in [-0.2, 0) is 4.79 Å². The van der Waals surface area contributed by atoms with E-state index in [2.05, 4.69) is 12.2 Å². The first-order valence-electron chi connectivity index (χ1n) is 7.39. The Balaban J connectivity index is 1.91. The van der Waals surface area contributed by atoms with Crippen LogP contribution in [0.3, 0.4) is 0 Å². The van der Waals surface area contributed by atoms with Crippen molar-refractivity contribution < 1.29 is 13.6 Å². The van der Waals surface area contributed by atoms with Crippen LogP contribution in [0, 0.1) is 17.6 Å². The van der Waals surface area contributed by atoms with Crippen molar-refractivity contribution in [3.63, 3.8) is 0 Å². The molecule has 1 aliphatic carbocycles. The Labute approximate surface area is 128 Å². The molecule has 116 valence electrons. The fraction of sp³-hybridized carbons (Fsp3) is 0.562. The van der Waals surface area contributed by atoms with Gasteiger partial charge in [0.05, 0.1) is 5.25 Å². The van der Waals surface area contributed by atoms with Crippen molar-refractivity contribution in [3.8, 4) is 0 Å². The van der Waals surface area contributed by atoms with Crippen LogP contribution in [-0.4, -0.2) is 17.2 Å². The monoisotopic (exact) mass is 313 g/mol. The summed E-state index contributed by atoms with van der Waals surface area (Å²) in [5, 5.41) is 2.76. The fourth-order valence-electron chi connectivity index (χ4n) is 2.64. The predicted molar refractivity (Wildman–Crippen MR) is 81.2 cm³/mol. The number of rotatable bonds is 4. The van der Waals surface area contributed by atoms with Crippen LogP contribution in [0.25, 0.3) is 0 Å². The summed E-state index contributed by atoms with van der Waals surface area (Å²) in [4.78, 5) is 12.8. The van der Waals surface area contributed by atoms with E-state index in [1.54, 1.807) is 6.92 Å². The van der Waals surface area contributed by atoms with E-state index in [1.807, 2.05) is 0 Å². The summed E-state index contributed by atoms with van der Waals surface area (Å²) < 4.78 is 26.0. The van der Waals surface area contributed by atoms with E-state index in [0.717, 1.165) is 31.4 Å². The minimum absolute atomic E-state index is 0.0384. The van der Waals surface area contributed by atoms with Crippen LogP contribution in [0.4, 0.5) is 8.78 Å². The third-order valence-corrected chi connectivity index (χ3v) is 5.11. The third kappa shape index (κ3) is 4.43. The Bertz CT molecular complexity index is 509. The molecule has 1 aromatic rings. The molecule has 0 aliphatic heterocycles. The fourth-order valence-corrected chi connectivity index (χ4v) is 3.54. The van der Waals surface area contributed by atoms with Crippen LogP contribution in [0.5, 0.6) is 0 Å². The topological polar surface area (TPSA) is 29.1 Å². The zero-order valence-electron chi connectivity index (χ0n) is 12.4. The Morgan fingerprint density at radius 3 is 2.67 bits per heavy atom. The molecule has 2 rings (SSSR count). The number of benzene rings is 1. The summed E-state index contributed by atoms with van der Waals surface area (Å²) in [6.07, 6.45) is 4.55. The van der Waals surface area contributed by atoms with Gasteiger partial charge in [-0.1, -0.05) is 19.8 Å². The molecule has 0 bridgehead atoms. The molecule has 0 spiro atoms. The molecule has 0 aromatic heterocycles. The first-order chi connectivity index (χ1) is 9.97. The standard InChI is InChI=1S/C16H21F2NOS/c1-10-5-3-4-6-15(10)19-16(20)11(2)21-12-7-8-13(17)14(18)9-12/h7-11,15H,3-6H2,1-2H3,(H,19,20)/t10-,11+,15-/m0/s1. The molecule has 1 aliphatic rings. The van der Waals surface area contributed by atoms with Crippen molar-refractivity contribution in [3.05, 3.63) is 29.8 Å². The molecule has 0 heterocycles. The lowest BCUT2D eigenvalue weighted by Gasteiger charge is -2.30. The Morgan fingerprint density at radius 2 is 2.00 bits per heavy atom. The van der Waals surface area contributed by atoms with Gasteiger partial charge in [0, 0.05) is 10.9 Å². The molecular weight excluding hydrogens is 292 g/mol. The first-order valence-corrected chi connectivity index (χ1v) is 8.27. The number of nitrogens with one attached hydrogen (secondary N) is 1. The SMILES string of the molecule is C[C@@H](Sc1ccc(F)c(F)c1)C(=O)N[C@H]1CCCC[C@@H]1C. The van der Waals surface area contributed by atoms with Crippen LogP contribution < -0.4 is 5.32 Å². The normalized spacial score (nSPS) is 23.6. The van der Waals surface area contributed by atoms with E-state index in [1.165, 1.54) is 24.2 Å². The minimum Gasteiger partial charge on any atom is -0.352 e. The van der Waals surface area contributed by atoms with Gasteiger partial charge in [0.2, 0.25) is 5.91 Å². The Morgan fingerprint density at radius 1 is 1.29 bits per heavy atom. The average Bonchev–Trinajstić information content (AvgIpc) is 2.45. The van der Waals surface area contributed by atoms with Gasteiger partial charge >= 0.3 is 0 Å². The Kier molecular flexibility index (Phi) is 5.62. The third-order valence-electron chi connectivity index (χ3n) is 4.01. The molecule has 1 N–H and O–H groups in total. The van der Waals surface area contributed by atoms with Crippen molar-refractivity contribution in [1.29, 1.82) is 0 Å². The number of hydrogen-bond donors (Lipinski definition) is 1. The van der Waals surface area contributed by atoms with E-state index < -0.39 is 11.6 Å². The van der Waals surface area contributed by atoms with Crippen LogP contribution in [0.15, 0.2) is 23.1 Å². The second kappa shape index (κ2) is 7.25. The van der Waals surface area contributed by atoms with E-state index in [9.17, 15) is 13.6 Å². The summed E-state index contributed by atoms with van der Waals surface area (Å²) >= 11 is 1.25. The second-order valence-electron chi connectivity index (χ2n) is 5.71. The molecular formula is C16H21F2NOS. The highest BCUT2D eigenvalue weighted by atomic mass is 32.2. The summed E-state index contributed by atoms with van der Waals surface area (Å²) in [5.41, 5.74) is 0. The maximum absolute atomic E-state index is 13.2. The van der Waals surface area contributed by atoms with Gasteiger partial charge in [0.15, 0.2) is 11.6 Å². The molecule has 1 saturated carbocycles. The zero-order chi connectivity index (χ0) is 15.4. The number of halogens is 2. The van der Waals surface area contributed by atoms with Crippen molar-refractivity contribution in [2.24, 2.45) is 5.92 Å². The van der Waals surface area contributed by atoms with Gasteiger partial charge in [-0.2, -0.15) is 0 Å². The molecule has 1 aromatic carbocycles. The smallest absolute Gasteiger partial charge is 0.233 e. The van der Waals surface area contributed by atoms with Gasteiger partial charge < -0.3 is 5.32 Å². The van der Waals surface area contributed by atoms with Gasteiger partial charge in [0.25, 0.3) is 0 Å². The molecule has 3 atom stereocenters. The van der Waals surface area contributed by atoms with Crippen LogP contribution in [0.1, 0.15) is 39.5 Å². The van der Waals surface area contributed by atoms with Gasteiger partial charge in [0.1, 0.15) is 0 Å². The molecule has 1 amide bonds. The minimum atomic E-state index is -0.881. The molecule has 5 heteroatoms. The molecule has 21 heavy (non-hydrogen) atoms. The predicted octanol–water partition coefficient (Wildman–Crippen LogP) is 4.14. The summed E-state index contributed by atoms with van der Waals surface area (Å²) in [7, 11) is 0. The lowest BCUT2D eigenvalue weighted by atomic mass is 9.86. The van der Waals surface area contributed by atoms with Crippen LogP contribution >= 0.6 is 11.8 Å². The highest BCUT2D eigenvalue weighted by Crippen LogP contribution is 2.27. The van der Waals surface area contributed by atoms with Crippen molar-refractivity contribution >= 4 is 17.7 Å². The number of hydrogen-bond acceptors (Lipinski definition) is 2. The lowest BCUT2D eigenvalue weighted by molar-refractivity contribution is -0.121. The number of amides is 1. The van der Waals surface area contributed by atoms with Gasteiger partial charge in [-0.15, -0.1) is 11.8 Å². The summed E-state index contributed by atoms with van der Waals surface area (Å²) in [6, 6.07) is 3.95. The van der Waals surface area contributed by atoms with Gasteiger partial charge in [-0.05, 0) is 43.9 Å². The van der Waals surface area contributed by atoms with E-state index >= 15 is 0 Å². The van der Waals surface area contributed by atoms with E-state index in [-0.39, 0.29) is 17.2 Å². The maximum Gasteiger partial charge on any atom is 0.233 e. The number of carbonyl (C=O) groups excluding carboxylic acids is 1. The van der Waals surface area contributed by atoms with E-state index in [0.29, 0.717) is 10.8 Å². The van der Waals surface area contributed by atoms with Crippen molar-refractivity contribution in [1.82, 2.24) is 5.32 Å². The quantitative estimate of drug-likeness (QED) is 0.846. The van der Waals surface area contributed by atoms with Crippen molar-refractivity contribution in [2.45, 2.75) is 55.7 Å². The van der Waals surface area contributed by atoms with Gasteiger partial charge in [-0.3, -0.25) is 4.79 Å². The molecule has 0 radical (unpaired) electrons. The largest absolute Gasteiger partial charge is 0.352 e. The second-order valence-corrected chi connectivity index (χ2v) is 7.13. The van der Waals surface area contributed by atoms with Crippen molar-refractivity contribution in [2.75, 3.05) is 0 Å². The average molecular weight is 313 g/mol. The van der Waals surface area contributed by atoms with Crippen LogP contribution in [0.2, 0.25) is 0 Å². The molecule has 1 fully saturated rings. The zero-order valence-corrected chi connectivity index (χ0v) is 13.2. The summed E-state index contributed by atoms with van der Waals surface area (Å²) in [6.45, 7) is 3.95. The van der Waals surface area contributed by atoms with Gasteiger partial charge in [-0.25, -0.2) is 8.78 Å². The Hall–Kier alpha value is -1.10. The highest BCUT2D eigenvalue weighted by Gasteiger charge is 2.25. The van der Waals surface area contributed by atoms with E-state index in [4.69, 9.17) is 0 Å². The maximum atomic E-state index is 13.2. The molecule has 0 saturated heterocycles. The number of carbonyl (C=O) groups is 1. The summed E-state index contributed by atoms with van der Waals surface area (Å²) in [5.74, 6) is -1.28. The molecule has 2 nitrogen and oxygen atoms in total.